The van der Waals surface area contributed by atoms with Crippen LogP contribution in [-0.4, -0.2) is 28.4 Å². The molecule has 0 aliphatic heterocycles. The second-order valence-electron chi connectivity index (χ2n) is 7.86. The van der Waals surface area contributed by atoms with E-state index in [0.717, 1.165) is 29.1 Å². The first-order valence-electron chi connectivity index (χ1n) is 11.1. The Hall–Kier alpha value is -3.84. The molecule has 4 rings (SSSR count). The third-order valence-electron chi connectivity index (χ3n) is 5.63. The Bertz CT molecular complexity index is 1220. The number of ether oxygens (including phenoxy) is 1. The lowest BCUT2D eigenvalue weighted by Gasteiger charge is -2.21. The lowest BCUT2D eigenvalue weighted by atomic mass is 9.88. The number of fused-ring (bicyclic) bond motifs is 1. The van der Waals surface area contributed by atoms with Crippen molar-refractivity contribution in [2.45, 2.75) is 39.3 Å². The van der Waals surface area contributed by atoms with E-state index in [1.54, 1.807) is 24.4 Å². The summed E-state index contributed by atoms with van der Waals surface area (Å²) in [7, 11) is 0. The molecule has 34 heavy (non-hydrogen) atoms. The second-order valence-corrected chi connectivity index (χ2v) is 8.96. The highest BCUT2D eigenvalue weighted by atomic mass is 32.1. The number of carbonyl (C=O) groups excluding carboxylic acids is 2. The highest BCUT2D eigenvalue weighted by Gasteiger charge is 2.27. The van der Waals surface area contributed by atoms with Crippen molar-refractivity contribution in [2.75, 3.05) is 11.9 Å². The lowest BCUT2D eigenvalue weighted by molar-refractivity contribution is -0.111. The van der Waals surface area contributed by atoms with Gasteiger partial charge in [-0.15, -0.1) is 11.3 Å². The zero-order valence-corrected chi connectivity index (χ0v) is 19.6. The van der Waals surface area contributed by atoms with Gasteiger partial charge >= 0.3 is 6.09 Å². The maximum absolute atomic E-state index is 12.3. The van der Waals surface area contributed by atoms with Crippen molar-refractivity contribution in [1.29, 1.82) is 5.26 Å². The molecule has 0 saturated carbocycles. The van der Waals surface area contributed by atoms with E-state index in [2.05, 4.69) is 21.8 Å². The molecular weight excluding hydrogens is 454 g/mol. The summed E-state index contributed by atoms with van der Waals surface area (Å²) >= 11 is 1.41. The minimum Gasteiger partial charge on any atom is -0.465 e. The monoisotopic (exact) mass is 479 g/mol. The molecule has 0 saturated heterocycles. The van der Waals surface area contributed by atoms with Crippen molar-refractivity contribution >= 4 is 34.4 Å². The topological polar surface area (TPSA) is 122 Å². The number of amides is 2. The average Bonchev–Trinajstić information content (AvgIpc) is 3.59. The summed E-state index contributed by atoms with van der Waals surface area (Å²) in [5.74, 6) is 0.406. The molecule has 1 unspecified atom stereocenters. The van der Waals surface area contributed by atoms with E-state index < -0.39 is 6.09 Å². The van der Waals surface area contributed by atoms with Crippen molar-refractivity contribution in [1.82, 2.24) is 15.1 Å². The fraction of sp³-hybridized carbons (Fsp3) is 0.333. The maximum atomic E-state index is 12.3. The van der Waals surface area contributed by atoms with Crippen LogP contribution >= 0.6 is 11.3 Å². The number of nitrogens with zero attached hydrogens (tertiary/aromatic N) is 3. The van der Waals surface area contributed by atoms with E-state index in [-0.39, 0.29) is 11.8 Å². The van der Waals surface area contributed by atoms with Crippen molar-refractivity contribution < 1.29 is 18.7 Å². The number of thiophene rings is 1. The molecule has 0 fully saturated rings. The zero-order chi connectivity index (χ0) is 23.9. The molecule has 0 spiro atoms. The van der Waals surface area contributed by atoms with E-state index in [4.69, 9.17) is 9.15 Å². The van der Waals surface area contributed by atoms with Crippen LogP contribution in [0.3, 0.4) is 0 Å². The van der Waals surface area contributed by atoms with Crippen molar-refractivity contribution in [3.05, 3.63) is 64.2 Å². The Morgan fingerprint density at radius 3 is 3.09 bits per heavy atom. The number of hydrogen-bond donors (Lipinski definition) is 2. The fourth-order valence-electron chi connectivity index (χ4n) is 3.90. The number of carbonyl (C=O) groups is 2. The first-order chi connectivity index (χ1) is 16.6. The van der Waals surface area contributed by atoms with Crippen LogP contribution in [0.5, 0.6) is 0 Å². The third-order valence-corrected chi connectivity index (χ3v) is 6.80. The largest absolute Gasteiger partial charge is 0.465 e. The summed E-state index contributed by atoms with van der Waals surface area (Å²) in [6.45, 7) is 3.38. The molecule has 0 radical (unpaired) electrons. The lowest BCUT2D eigenvalue weighted by Crippen LogP contribution is -2.28. The molecule has 3 heterocycles. The van der Waals surface area contributed by atoms with Crippen LogP contribution in [0, 0.1) is 17.2 Å². The summed E-state index contributed by atoms with van der Waals surface area (Å²) in [6, 6.07) is 7.58. The Morgan fingerprint density at radius 1 is 1.44 bits per heavy atom. The predicted octanol–water partition coefficient (Wildman–Crippen LogP) is 4.11. The van der Waals surface area contributed by atoms with Gasteiger partial charge in [-0.1, -0.05) is 0 Å². The highest BCUT2D eigenvalue weighted by molar-refractivity contribution is 7.16. The Kier molecular flexibility index (Phi) is 7.44. The molecule has 1 aliphatic rings. The van der Waals surface area contributed by atoms with E-state index in [9.17, 15) is 14.9 Å². The van der Waals surface area contributed by atoms with Crippen LogP contribution in [0.2, 0.25) is 0 Å². The summed E-state index contributed by atoms with van der Waals surface area (Å²) < 4.78 is 12.4. The van der Waals surface area contributed by atoms with Crippen LogP contribution in [0.15, 0.2) is 41.2 Å². The standard InChI is InChI=1S/C24H25N5O4S/c1-2-29-17(9-10-27-29)14-26-24(31)33-15-16-5-7-19-20(13-25)23(34-21(19)12-16)28-22(30)8-6-18-4-3-11-32-18/h3-4,6,8-11,16H,2,5,7,12,14-15H2,1H3,(H,26,31)(H,28,30). The normalized spacial score (nSPS) is 15.0. The van der Waals surface area contributed by atoms with Gasteiger partial charge in [0, 0.05) is 23.7 Å². The number of anilines is 1. The fourth-order valence-corrected chi connectivity index (χ4v) is 5.22. The van der Waals surface area contributed by atoms with Crippen LogP contribution in [0.25, 0.3) is 6.08 Å². The molecule has 176 valence electrons. The van der Waals surface area contributed by atoms with Gasteiger partial charge in [-0.25, -0.2) is 4.79 Å². The van der Waals surface area contributed by atoms with Gasteiger partial charge in [0.2, 0.25) is 5.91 Å². The number of hydrogen-bond acceptors (Lipinski definition) is 7. The van der Waals surface area contributed by atoms with E-state index in [1.165, 1.54) is 23.7 Å². The number of furan rings is 1. The molecule has 1 atom stereocenters. The van der Waals surface area contributed by atoms with Crippen LogP contribution in [-0.2, 0) is 35.5 Å². The number of alkyl carbamates (subject to hydrolysis) is 1. The van der Waals surface area contributed by atoms with Gasteiger partial charge in [0.05, 0.1) is 30.7 Å². The maximum Gasteiger partial charge on any atom is 0.407 e. The zero-order valence-electron chi connectivity index (χ0n) is 18.7. The van der Waals surface area contributed by atoms with Crippen LogP contribution in [0.4, 0.5) is 9.80 Å². The van der Waals surface area contributed by atoms with Gasteiger partial charge in [-0.2, -0.15) is 10.4 Å². The third kappa shape index (κ3) is 5.55. The first kappa shape index (κ1) is 23.3. The molecular formula is C24H25N5O4S. The van der Waals surface area contributed by atoms with E-state index in [0.29, 0.717) is 42.3 Å². The minimum atomic E-state index is -0.463. The van der Waals surface area contributed by atoms with Crippen molar-refractivity contribution in [3.63, 3.8) is 0 Å². The molecule has 9 nitrogen and oxygen atoms in total. The average molecular weight is 480 g/mol. The summed E-state index contributed by atoms with van der Waals surface area (Å²) in [5, 5.41) is 20.0. The highest BCUT2D eigenvalue weighted by Crippen LogP contribution is 2.39. The quantitative estimate of drug-likeness (QED) is 0.469. The number of rotatable bonds is 8. The van der Waals surface area contributed by atoms with E-state index >= 15 is 0 Å². The number of nitriles is 1. The second kappa shape index (κ2) is 10.9. The van der Waals surface area contributed by atoms with Crippen LogP contribution in [0.1, 0.15) is 40.8 Å². The van der Waals surface area contributed by atoms with Gasteiger partial charge in [-0.3, -0.25) is 9.48 Å². The van der Waals surface area contributed by atoms with Crippen molar-refractivity contribution in [2.24, 2.45) is 5.92 Å². The predicted molar refractivity (Wildman–Crippen MR) is 127 cm³/mol. The van der Waals surface area contributed by atoms with Crippen molar-refractivity contribution in [3.8, 4) is 6.07 Å². The number of nitrogens with one attached hydrogen (secondary N) is 2. The van der Waals surface area contributed by atoms with Gasteiger partial charge < -0.3 is 19.8 Å². The molecule has 3 aromatic rings. The smallest absolute Gasteiger partial charge is 0.407 e. The summed E-state index contributed by atoms with van der Waals surface area (Å²) in [6.07, 6.45) is 7.93. The van der Waals surface area contributed by atoms with Crippen LogP contribution < -0.4 is 10.6 Å². The summed E-state index contributed by atoms with van der Waals surface area (Å²) in [4.78, 5) is 25.5. The SMILES string of the molecule is CCn1nccc1CNC(=O)OCC1CCc2c(sc(NC(=O)C=Cc3ccco3)c2C#N)C1. The molecule has 1 aliphatic carbocycles. The Morgan fingerprint density at radius 2 is 2.32 bits per heavy atom. The molecule has 3 aromatic heterocycles. The molecule has 2 N–H and O–H groups in total. The van der Waals surface area contributed by atoms with Gasteiger partial charge in [-0.05, 0) is 61.9 Å². The minimum absolute atomic E-state index is 0.159. The molecule has 0 bridgehead atoms. The van der Waals surface area contributed by atoms with Gasteiger partial charge in [0.1, 0.15) is 16.8 Å². The Balaban J connectivity index is 1.30. The van der Waals surface area contributed by atoms with Gasteiger partial charge in [0.25, 0.3) is 0 Å². The van der Waals surface area contributed by atoms with E-state index in [1.807, 2.05) is 17.7 Å². The number of aryl methyl sites for hydroxylation is 1. The molecule has 0 aromatic carbocycles. The van der Waals surface area contributed by atoms with Gasteiger partial charge in [0.15, 0.2) is 0 Å². The molecule has 2 amide bonds. The Labute approximate surface area is 201 Å². The number of aromatic nitrogens is 2. The molecule has 10 heteroatoms. The first-order valence-corrected chi connectivity index (χ1v) is 11.9. The summed E-state index contributed by atoms with van der Waals surface area (Å²) in [5.41, 5.74) is 2.41.